The van der Waals surface area contributed by atoms with Crippen molar-refractivity contribution < 1.29 is 0 Å². The molecule has 0 unspecified atom stereocenters. The third-order valence-corrected chi connectivity index (χ3v) is 5.82. The van der Waals surface area contributed by atoms with Gasteiger partial charge in [-0.1, -0.05) is 54.7 Å². The number of hydrogen-bond acceptors (Lipinski definition) is 4. The zero-order valence-electron chi connectivity index (χ0n) is 14.1. The predicted octanol–water partition coefficient (Wildman–Crippen LogP) is 4.18. The number of benzene rings is 2. The lowest BCUT2D eigenvalue weighted by Gasteiger charge is -2.34. The van der Waals surface area contributed by atoms with Gasteiger partial charge in [0.15, 0.2) is 5.13 Å². The van der Waals surface area contributed by atoms with Gasteiger partial charge in [0.2, 0.25) is 0 Å². The lowest BCUT2D eigenvalue weighted by Crippen LogP contribution is -2.45. The maximum absolute atomic E-state index is 4.85. The summed E-state index contributed by atoms with van der Waals surface area (Å²) in [7, 11) is 0. The quantitative estimate of drug-likeness (QED) is 0.712. The van der Waals surface area contributed by atoms with E-state index in [1.807, 2.05) is 11.3 Å². The average molecular weight is 337 g/mol. The molecule has 1 aromatic heterocycles. The van der Waals surface area contributed by atoms with Crippen LogP contribution in [0.3, 0.4) is 0 Å². The van der Waals surface area contributed by atoms with Crippen molar-refractivity contribution >= 4 is 26.7 Å². The molecule has 0 bridgehead atoms. The molecule has 24 heavy (non-hydrogen) atoms. The summed E-state index contributed by atoms with van der Waals surface area (Å²) in [4.78, 5) is 9.83. The molecule has 3 aromatic rings. The summed E-state index contributed by atoms with van der Waals surface area (Å²) in [6.45, 7) is 7.58. The summed E-state index contributed by atoms with van der Waals surface area (Å²) in [5, 5.41) is 1.18. The normalized spacial score (nSPS) is 16.0. The van der Waals surface area contributed by atoms with E-state index in [1.165, 1.54) is 21.0 Å². The third kappa shape index (κ3) is 3.30. The Morgan fingerprint density at radius 2 is 1.75 bits per heavy atom. The highest BCUT2D eigenvalue weighted by atomic mass is 32.1. The van der Waals surface area contributed by atoms with Crippen LogP contribution < -0.4 is 4.90 Å². The fraction of sp³-hybridized carbons (Fsp3) is 0.350. The monoisotopic (exact) mass is 337 g/mol. The van der Waals surface area contributed by atoms with Gasteiger partial charge >= 0.3 is 0 Å². The Bertz CT molecular complexity index is 804. The highest BCUT2D eigenvalue weighted by Gasteiger charge is 2.19. The van der Waals surface area contributed by atoms with Crippen LogP contribution in [0.1, 0.15) is 18.1 Å². The maximum Gasteiger partial charge on any atom is 0.186 e. The topological polar surface area (TPSA) is 19.4 Å². The zero-order chi connectivity index (χ0) is 16.4. The molecule has 0 radical (unpaired) electrons. The van der Waals surface area contributed by atoms with Crippen molar-refractivity contribution in [3.05, 3.63) is 59.7 Å². The van der Waals surface area contributed by atoms with Gasteiger partial charge in [0.05, 0.1) is 10.2 Å². The van der Waals surface area contributed by atoms with Crippen LogP contribution in [0.15, 0.2) is 48.5 Å². The van der Waals surface area contributed by atoms with Crippen molar-refractivity contribution in [1.29, 1.82) is 0 Å². The van der Waals surface area contributed by atoms with Gasteiger partial charge in [-0.15, -0.1) is 0 Å². The van der Waals surface area contributed by atoms with Crippen LogP contribution in [0.2, 0.25) is 0 Å². The molecule has 1 fully saturated rings. The van der Waals surface area contributed by atoms with Gasteiger partial charge in [-0.2, -0.15) is 0 Å². The first-order valence-corrected chi connectivity index (χ1v) is 9.54. The number of fused-ring (bicyclic) bond motifs is 1. The molecule has 124 valence electrons. The number of nitrogens with zero attached hydrogens (tertiary/aromatic N) is 3. The lowest BCUT2D eigenvalue weighted by atomic mass is 10.2. The van der Waals surface area contributed by atoms with Crippen molar-refractivity contribution in [2.45, 2.75) is 19.9 Å². The Morgan fingerprint density at radius 3 is 2.50 bits per heavy atom. The number of hydrogen-bond donors (Lipinski definition) is 0. The van der Waals surface area contributed by atoms with E-state index < -0.39 is 0 Å². The minimum Gasteiger partial charge on any atom is -0.345 e. The maximum atomic E-state index is 4.85. The van der Waals surface area contributed by atoms with Crippen LogP contribution in [-0.4, -0.2) is 36.1 Å². The van der Waals surface area contributed by atoms with Crippen LogP contribution in [0, 0.1) is 0 Å². The largest absolute Gasteiger partial charge is 0.345 e. The first kappa shape index (κ1) is 15.6. The highest BCUT2D eigenvalue weighted by Crippen LogP contribution is 2.30. The Balaban J connectivity index is 1.42. The van der Waals surface area contributed by atoms with Crippen LogP contribution >= 0.6 is 11.3 Å². The smallest absolute Gasteiger partial charge is 0.186 e. The van der Waals surface area contributed by atoms with E-state index in [-0.39, 0.29) is 0 Å². The van der Waals surface area contributed by atoms with Crippen molar-refractivity contribution in [2.75, 3.05) is 31.1 Å². The molecule has 0 spiro atoms. The fourth-order valence-corrected chi connectivity index (χ4v) is 4.33. The summed E-state index contributed by atoms with van der Waals surface area (Å²) < 4.78 is 1.32. The molecule has 2 heterocycles. The van der Waals surface area contributed by atoms with E-state index in [1.54, 1.807) is 0 Å². The van der Waals surface area contributed by atoms with E-state index in [0.717, 1.165) is 44.7 Å². The summed E-state index contributed by atoms with van der Waals surface area (Å²) in [5.74, 6) is 0. The summed E-state index contributed by atoms with van der Waals surface area (Å²) >= 11 is 1.83. The van der Waals surface area contributed by atoms with Gasteiger partial charge in [0, 0.05) is 32.7 Å². The molecule has 4 rings (SSSR count). The molecule has 4 heteroatoms. The van der Waals surface area contributed by atoms with Gasteiger partial charge in [0.25, 0.3) is 0 Å². The van der Waals surface area contributed by atoms with Crippen molar-refractivity contribution in [2.24, 2.45) is 0 Å². The molecule has 0 atom stereocenters. The second kappa shape index (κ2) is 6.91. The van der Waals surface area contributed by atoms with Crippen molar-refractivity contribution in [3.63, 3.8) is 0 Å². The Labute approximate surface area is 147 Å². The molecule has 0 amide bonds. The van der Waals surface area contributed by atoms with Gasteiger partial charge < -0.3 is 4.90 Å². The number of thiazole rings is 1. The second-order valence-electron chi connectivity index (χ2n) is 6.40. The van der Waals surface area contributed by atoms with Gasteiger partial charge in [-0.3, -0.25) is 4.90 Å². The van der Waals surface area contributed by atoms with E-state index >= 15 is 0 Å². The number of aryl methyl sites for hydroxylation is 1. The van der Waals surface area contributed by atoms with Crippen molar-refractivity contribution in [1.82, 2.24) is 9.88 Å². The standard InChI is InChI=1S/C20H23N3S/c1-2-16-8-9-18-19(14-16)24-20(21-18)23-12-10-22(11-13-23)15-17-6-4-3-5-7-17/h3-9,14H,2,10-13,15H2,1H3. The molecular weight excluding hydrogens is 314 g/mol. The van der Waals surface area contributed by atoms with Crippen molar-refractivity contribution in [3.8, 4) is 0 Å². The minimum absolute atomic E-state index is 1.05. The first-order chi connectivity index (χ1) is 11.8. The zero-order valence-corrected chi connectivity index (χ0v) is 14.9. The van der Waals surface area contributed by atoms with E-state index in [9.17, 15) is 0 Å². The van der Waals surface area contributed by atoms with Crippen LogP contribution in [0.5, 0.6) is 0 Å². The molecule has 0 aliphatic carbocycles. The molecule has 0 saturated carbocycles. The molecular formula is C20H23N3S. The molecule has 3 nitrogen and oxygen atoms in total. The van der Waals surface area contributed by atoms with E-state index in [4.69, 9.17) is 4.98 Å². The van der Waals surface area contributed by atoms with Crippen LogP contribution in [-0.2, 0) is 13.0 Å². The summed E-state index contributed by atoms with van der Waals surface area (Å²) in [6, 6.07) is 17.4. The van der Waals surface area contributed by atoms with E-state index in [2.05, 4.69) is 65.3 Å². The summed E-state index contributed by atoms with van der Waals surface area (Å²) in [5.41, 5.74) is 3.93. The Kier molecular flexibility index (Phi) is 4.50. The molecule has 1 aliphatic rings. The minimum atomic E-state index is 1.05. The van der Waals surface area contributed by atoms with Crippen LogP contribution in [0.25, 0.3) is 10.2 Å². The number of anilines is 1. The lowest BCUT2D eigenvalue weighted by molar-refractivity contribution is 0.250. The SMILES string of the molecule is CCc1ccc2nc(N3CCN(Cc4ccccc4)CC3)sc2c1. The third-order valence-electron chi connectivity index (χ3n) is 4.74. The predicted molar refractivity (Wildman–Crippen MR) is 103 cm³/mol. The Hall–Kier alpha value is -1.91. The highest BCUT2D eigenvalue weighted by molar-refractivity contribution is 7.22. The van der Waals surface area contributed by atoms with Gasteiger partial charge in [0.1, 0.15) is 0 Å². The molecule has 1 saturated heterocycles. The molecule has 1 aliphatic heterocycles. The number of aromatic nitrogens is 1. The molecule has 0 N–H and O–H groups in total. The second-order valence-corrected chi connectivity index (χ2v) is 7.41. The fourth-order valence-electron chi connectivity index (χ4n) is 3.25. The average Bonchev–Trinajstić information content (AvgIpc) is 3.06. The summed E-state index contributed by atoms with van der Waals surface area (Å²) in [6.07, 6.45) is 1.08. The van der Waals surface area contributed by atoms with Gasteiger partial charge in [-0.25, -0.2) is 4.98 Å². The Morgan fingerprint density at radius 1 is 0.958 bits per heavy atom. The molecule has 2 aromatic carbocycles. The van der Waals surface area contributed by atoms with Crippen LogP contribution in [0.4, 0.5) is 5.13 Å². The number of piperazine rings is 1. The number of rotatable bonds is 4. The first-order valence-electron chi connectivity index (χ1n) is 8.72. The van der Waals surface area contributed by atoms with Gasteiger partial charge in [-0.05, 0) is 29.7 Å². The van der Waals surface area contributed by atoms with E-state index in [0.29, 0.717) is 0 Å².